The van der Waals surface area contributed by atoms with Gasteiger partial charge >= 0.3 is 0 Å². The van der Waals surface area contributed by atoms with E-state index in [9.17, 15) is 4.79 Å². The normalized spacial score (nSPS) is 21.5. The summed E-state index contributed by atoms with van der Waals surface area (Å²) in [5.74, 6) is 2.22. The van der Waals surface area contributed by atoms with Gasteiger partial charge in [-0.1, -0.05) is 30.3 Å². The Hall–Kier alpha value is -2.21. The molecule has 0 radical (unpaired) electrons. The summed E-state index contributed by atoms with van der Waals surface area (Å²) in [4.78, 5) is 21.6. The second-order valence-corrected chi connectivity index (χ2v) is 6.76. The maximum Gasteiger partial charge on any atom is 0.227 e. The van der Waals surface area contributed by atoms with E-state index >= 15 is 0 Å². The predicted molar refractivity (Wildman–Crippen MR) is 91.3 cm³/mol. The maximum atomic E-state index is 12.7. The van der Waals surface area contributed by atoms with E-state index in [4.69, 9.17) is 4.98 Å². The Labute approximate surface area is 142 Å². The van der Waals surface area contributed by atoms with Gasteiger partial charge in [-0.2, -0.15) is 5.10 Å². The van der Waals surface area contributed by atoms with Crippen LogP contribution in [0.2, 0.25) is 0 Å². The van der Waals surface area contributed by atoms with Crippen LogP contribution in [0.1, 0.15) is 12.2 Å². The van der Waals surface area contributed by atoms with E-state index < -0.39 is 0 Å². The molecule has 2 aliphatic heterocycles. The minimum Gasteiger partial charge on any atom is -0.340 e. The topological polar surface area (TPSA) is 54.3 Å². The van der Waals surface area contributed by atoms with Crippen LogP contribution >= 0.6 is 0 Å². The molecular formula is C18H23N5O. The van der Waals surface area contributed by atoms with Crippen LogP contribution in [-0.2, 0) is 17.8 Å². The molecule has 126 valence electrons. The SMILES string of the molecule is CN1CCC(C(=O)N2CCc3nc(-c4ccccc4)nn3CC2)C1. The minimum atomic E-state index is 0.160. The third-order valence-electron chi connectivity index (χ3n) is 5.02. The molecule has 4 rings (SSSR count). The monoisotopic (exact) mass is 325 g/mol. The summed E-state index contributed by atoms with van der Waals surface area (Å²) in [6, 6.07) is 10.1. The van der Waals surface area contributed by atoms with Gasteiger partial charge in [0.2, 0.25) is 5.91 Å². The smallest absolute Gasteiger partial charge is 0.227 e. The number of hydrogen-bond acceptors (Lipinski definition) is 4. The van der Waals surface area contributed by atoms with E-state index in [1.165, 1.54) is 0 Å². The molecular weight excluding hydrogens is 302 g/mol. The Balaban J connectivity index is 1.46. The minimum absolute atomic E-state index is 0.160. The lowest BCUT2D eigenvalue weighted by atomic mass is 10.1. The number of rotatable bonds is 2. The highest BCUT2D eigenvalue weighted by molar-refractivity contribution is 5.79. The zero-order valence-corrected chi connectivity index (χ0v) is 14.1. The van der Waals surface area contributed by atoms with Crippen LogP contribution < -0.4 is 0 Å². The zero-order chi connectivity index (χ0) is 16.5. The number of amides is 1. The van der Waals surface area contributed by atoms with Crippen molar-refractivity contribution in [2.24, 2.45) is 5.92 Å². The highest BCUT2D eigenvalue weighted by Gasteiger charge is 2.31. The lowest BCUT2D eigenvalue weighted by molar-refractivity contribution is -0.135. The molecule has 6 nitrogen and oxygen atoms in total. The van der Waals surface area contributed by atoms with Crippen molar-refractivity contribution in [2.45, 2.75) is 19.4 Å². The van der Waals surface area contributed by atoms with Crippen molar-refractivity contribution >= 4 is 5.91 Å². The quantitative estimate of drug-likeness (QED) is 0.835. The summed E-state index contributed by atoms with van der Waals surface area (Å²) in [7, 11) is 2.08. The molecule has 2 aromatic rings. The van der Waals surface area contributed by atoms with Gasteiger partial charge in [0.25, 0.3) is 0 Å². The highest BCUT2D eigenvalue weighted by Crippen LogP contribution is 2.20. The van der Waals surface area contributed by atoms with Crippen LogP contribution in [0.5, 0.6) is 0 Å². The molecule has 1 unspecified atom stereocenters. The van der Waals surface area contributed by atoms with E-state index in [2.05, 4.69) is 17.0 Å². The van der Waals surface area contributed by atoms with Crippen LogP contribution in [0.25, 0.3) is 11.4 Å². The van der Waals surface area contributed by atoms with Gasteiger partial charge in [0.1, 0.15) is 5.82 Å². The van der Waals surface area contributed by atoms with Crippen molar-refractivity contribution in [3.05, 3.63) is 36.2 Å². The first-order chi connectivity index (χ1) is 11.7. The van der Waals surface area contributed by atoms with Crippen molar-refractivity contribution in [3.63, 3.8) is 0 Å². The van der Waals surface area contributed by atoms with E-state index in [1.807, 2.05) is 39.9 Å². The fourth-order valence-corrected chi connectivity index (χ4v) is 3.63. The zero-order valence-electron chi connectivity index (χ0n) is 14.1. The molecule has 1 amide bonds. The number of nitrogens with zero attached hydrogens (tertiary/aromatic N) is 5. The predicted octanol–water partition coefficient (Wildman–Crippen LogP) is 1.28. The second kappa shape index (κ2) is 6.36. The van der Waals surface area contributed by atoms with Gasteiger partial charge in [0, 0.05) is 31.6 Å². The van der Waals surface area contributed by atoms with Crippen molar-refractivity contribution in [2.75, 3.05) is 33.2 Å². The Kier molecular flexibility index (Phi) is 4.06. The van der Waals surface area contributed by atoms with Gasteiger partial charge in [-0.3, -0.25) is 4.79 Å². The number of benzene rings is 1. The molecule has 0 bridgehead atoms. The standard InChI is InChI=1S/C18H23N5O/c1-21-9-7-15(13-21)18(24)22-10-8-16-19-17(20-23(16)12-11-22)14-5-3-2-4-6-14/h2-6,15H,7-13H2,1H3. The van der Waals surface area contributed by atoms with Gasteiger partial charge in [-0.25, -0.2) is 9.67 Å². The van der Waals surface area contributed by atoms with Gasteiger partial charge in [0.15, 0.2) is 5.82 Å². The third-order valence-corrected chi connectivity index (χ3v) is 5.02. The van der Waals surface area contributed by atoms with E-state index in [-0.39, 0.29) is 5.92 Å². The van der Waals surface area contributed by atoms with Crippen molar-refractivity contribution in [1.82, 2.24) is 24.6 Å². The Morgan fingerprint density at radius 3 is 2.71 bits per heavy atom. The summed E-state index contributed by atoms with van der Waals surface area (Å²) >= 11 is 0. The average Bonchev–Trinajstić information content (AvgIpc) is 3.17. The third kappa shape index (κ3) is 2.94. The van der Waals surface area contributed by atoms with Crippen molar-refractivity contribution in [3.8, 4) is 11.4 Å². The van der Waals surface area contributed by atoms with E-state index in [0.717, 1.165) is 62.8 Å². The van der Waals surface area contributed by atoms with Crippen molar-refractivity contribution in [1.29, 1.82) is 0 Å². The van der Waals surface area contributed by atoms with Gasteiger partial charge in [-0.05, 0) is 20.0 Å². The molecule has 0 saturated carbocycles. The Morgan fingerprint density at radius 1 is 1.12 bits per heavy atom. The molecule has 0 spiro atoms. The molecule has 1 atom stereocenters. The molecule has 1 fully saturated rings. The molecule has 0 aliphatic carbocycles. The molecule has 3 heterocycles. The number of aromatic nitrogens is 3. The summed E-state index contributed by atoms with van der Waals surface area (Å²) in [5.41, 5.74) is 1.04. The highest BCUT2D eigenvalue weighted by atomic mass is 16.2. The number of hydrogen-bond donors (Lipinski definition) is 0. The van der Waals surface area contributed by atoms with Crippen LogP contribution in [0.3, 0.4) is 0 Å². The van der Waals surface area contributed by atoms with Crippen LogP contribution in [0.15, 0.2) is 30.3 Å². The Bertz CT molecular complexity index is 701. The van der Waals surface area contributed by atoms with Gasteiger partial charge in [-0.15, -0.1) is 0 Å². The maximum absolute atomic E-state index is 12.7. The fraction of sp³-hybridized carbons (Fsp3) is 0.500. The molecule has 6 heteroatoms. The van der Waals surface area contributed by atoms with E-state index in [0.29, 0.717) is 5.91 Å². The van der Waals surface area contributed by atoms with Gasteiger partial charge in [0.05, 0.1) is 12.5 Å². The molecule has 1 aromatic heterocycles. The molecule has 1 aromatic carbocycles. The summed E-state index contributed by atoms with van der Waals surface area (Å²) in [5, 5.41) is 4.64. The first-order valence-corrected chi connectivity index (χ1v) is 8.67. The van der Waals surface area contributed by atoms with Crippen molar-refractivity contribution < 1.29 is 4.79 Å². The summed E-state index contributed by atoms with van der Waals surface area (Å²) < 4.78 is 1.97. The molecule has 2 aliphatic rings. The van der Waals surface area contributed by atoms with Crippen LogP contribution in [0.4, 0.5) is 0 Å². The largest absolute Gasteiger partial charge is 0.340 e. The number of fused-ring (bicyclic) bond motifs is 1. The van der Waals surface area contributed by atoms with Crippen LogP contribution in [-0.4, -0.2) is 63.7 Å². The number of carbonyl (C=O) groups is 1. The fourth-order valence-electron chi connectivity index (χ4n) is 3.63. The lowest BCUT2D eigenvalue weighted by Gasteiger charge is -2.23. The Morgan fingerprint density at radius 2 is 1.96 bits per heavy atom. The van der Waals surface area contributed by atoms with E-state index in [1.54, 1.807) is 0 Å². The molecule has 1 saturated heterocycles. The molecule has 24 heavy (non-hydrogen) atoms. The molecule has 0 N–H and O–H groups in total. The number of likely N-dealkylation sites (tertiary alicyclic amines) is 1. The summed E-state index contributed by atoms with van der Waals surface area (Å²) in [6.45, 7) is 4.10. The average molecular weight is 325 g/mol. The first kappa shape index (κ1) is 15.3. The van der Waals surface area contributed by atoms with Gasteiger partial charge < -0.3 is 9.80 Å². The number of carbonyl (C=O) groups excluding carboxylic acids is 1. The first-order valence-electron chi connectivity index (χ1n) is 8.67. The summed E-state index contributed by atoms with van der Waals surface area (Å²) in [6.07, 6.45) is 1.75. The second-order valence-electron chi connectivity index (χ2n) is 6.76. The van der Waals surface area contributed by atoms with Crippen LogP contribution in [0, 0.1) is 5.92 Å². The lowest BCUT2D eigenvalue weighted by Crippen LogP contribution is -2.39.